The van der Waals surface area contributed by atoms with Gasteiger partial charge >= 0.3 is 0 Å². The van der Waals surface area contributed by atoms with Crippen LogP contribution in [-0.4, -0.2) is 0 Å². The van der Waals surface area contributed by atoms with Crippen LogP contribution in [0.1, 0.15) is 24.8 Å². The van der Waals surface area contributed by atoms with Crippen molar-refractivity contribution in [3.63, 3.8) is 0 Å². The molecule has 0 heterocycles. The molecular weight excluding hydrogens is 196 g/mol. The monoisotopic (exact) mass is 206 g/mol. The molecule has 1 aliphatic rings. The van der Waals surface area contributed by atoms with Gasteiger partial charge in [0.15, 0.2) is 0 Å². The van der Waals surface area contributed by atoms with Crippen LogP contribution in [0.2, 0.25) is 5.02 Å². The summed E-state index contributed by atoms with van der Waals surface area (Å²) in [6.45, 7) is 0. The maximum Gasteiger partial charge on any atom is 0.0823 e. The molecule has 0 aliphatic heterocycles. The number of hydrogen-bond donors (Lipinski definition) is 1. The quantitative estimate of drug-likeness (QED) is 0.719. The van der Waals surface area contributed by atoms with Gasteiger partial charge < -0.3 is 5.73 Å². The number of rotatable bonds is 1. The number of hydrogen-bond acceptors (Lipinski definition) is 2. The Morgan fingerprint density at radius 1 is 1.43 bits per heavy atom. The Kier molecular flexibility index (Phi) is 2.13. The molecule has 2 rings (SSSR count). The van der Waals surface area contributed by atoms with Crippen molar-refractivity contribution >= 4 is 17.3 Å². The van der Waals surface area contributed by atoms with Crippen LogP contribution >= 0.6 is 11.6 Å². The minimum absolute atomic E-state index is 0.293. The molecule has 72 valence electrons. The van der Waals surface area contributed by atoms with E-state index >= 15 is 0 Å². The van der Waals surface area contributed by atoms with Crippen LogP contribution in [-0.2, 0) is 5.41 Å². The summed E-state index contributed by atoms with van der Waals surface area (Å²) in [5.41, 5.74) is 6.98. The van der Waals surface area contributed by atoms with Crippen LogP contribution in [0.3, 0.4) is 0 Å². The maximum absolute atomic E-state index is 9.13. The topological polar surface area (TPSA) is 49.8 Å². The van der Waals surface area contributed by atoms with Gasteiger partial charge in [0.2, 0.25) is 0 Å². The van der Waals surface area contributed by atoms with E-state index in [1.54, 1.807) is 6.07 Å². The summed E-state index contributed by atoms with van der Waals surface area (Å²) in [5.74, 6) is 0. The lowest BCUT2D eigenvalue weighted by Gasteiger charge is -2.35. The number of benzene rings is 1. The SMILES string of the molecule is N#CC1(c2ccc(Cl)c(N)c2)CCC1. The van der Waals surface area contributed by atoms with E-state index in [1.165, 1.54) is 0 Å². The van der Waals surface area contributed by atoms with Crippen molar-refractivity contribution in [2.75, 3.05) is 5.73 Å². The summed E-state index contributed by atoms with van der Waals surface area (Å²) in [6, 6.07) is 7.87. The Hall–Kier alpha value is -1.20. The zero-order chi connectivity index (χ0) is 10.2. The zero-order valence-electron chi connectivity index (χ0n) is 7.76. The fourth-order valence-corrected chi connectivity index (χ4v) is 1.95. The molecule has 0 spiro atoms. The van der Waals surface area contributed by atoms with E-state index in [-0.39, 0.29) is 5.41 Å². The fourth-order valence-electron chi connectivity index (χ4n) is 1.84. The summed E-state index contributed by atoms with van der Waals surface area (Å²) in [6.07, 6.45) is 2.99. The third-order valence-electron chi connectivity index (χ3n) is 2.97. The van der Waals surface area contributed by atoms with Crippen LogP contribution in [0.4, 0.5) is 5.69 Å². The molecule has 14 heavy (non-hydrogen) atoms. The lowest BCUT2D eigenvalue weighted by Crippen LogP contribution is -2.32. The van der Waals surface area contributed by atoms with Crippen molar-refractivity contribution < 1.29 is 0 Å². The molecule has 0 amide bonds. The van der Waals surface area contributed by atoms with Crippen LogP contribution in [0.5, 0.6) is 0 Å². The molecule has 1 aromatic rings. The molecule has 0 radical (unpaired) electrons. The van der Waals surface area contributed by atoms with E-state index in [4.69, 9.17) is 22.6 Å². The lowest BCUT2D eigenvalue weighted by molar-refractivity contribution is 0.324. The smallest absolute Gasteiger partial charge is 0.0823 e. The van der Waals surface area contributed by atoms with Gasteiger partial charge in [-0.05, 0) is 37.0 Å². The highest BCUT2D eigenvalue weighted by atomic mass is 35.5. The molecule has 0 bridgehead atoms. The van der Waals surface area contributed by atoms with Gasteiger partial charge in [0, 0.05) is 0 Å². The molecule has 0 aromatic heterocycles. The summed E-state index contributed by atoms with van der Waals surface area (Å²) in [5, 5.41) is 9.68. The minimum Gasteiger partial charge on any atom is -0.398 e. The number of anilines is 1. The highest BCUT2D eigenvalue weighted by molar-refractivity contribution is 6.33. The third kappa shape index (κ3) is 1.25. The third-order valence-corrected chi connectivity index (χ3v) is 3.31. The predicted molar refractivity (Wildman–Crippen MR) is 57.0 cm³/mol. The molecule has 3 heteroatoms. The van der Waals surface area contributed by atoms with Crippen molar-refractivity contribution in [3.8, 4) is 6.07 Å². The van der Waals surface area contributed by atoms with Crippen LogP contribution < -0.4 is 5.73 Å². The van der Waals surface area contributed by atoms with E-state index in [1.807, 2.05) is 12.1 Å². The van der Waals surface area contributed by atoms with Crippen molar-refractivity contribution in [1.29, 1.82) is 5.26 Å². The first-order chi connectivity index (χ1) is 6.68. The molecule has 1 aliphatic carbocycles. The van der Waals surface area contributed by atoms with E-state index in [0.717, 1.165) is 24.8 Å². The highest BCUT2D eigenvalue weighted by Crippen LogP contribution is 2.44. The van der Waals surface area contributed by atoms with Crippen LogP contribution in [0.25, 0.3) is 0 Å². The van der Waals surface area contributed by atoms with Crippen LogP contribution in [0, 0.1) is 11.3 Å². The molecular formula is C11H11ClN2. The van der Waals surface area contributed by atoms with E-state index in [9.17, 15) is 0 Å². The van der Waals surface area contributed by atoms with Gasteiger partial charge in [-0.25, -0.2) is 0 Å². The van der Waals surface area contributed by atoms with Gasteiger partial charge in [-0.2, -0.15) is 5.26 Å². The number of nitriles is 1. The molecule has 1 aromatic carbocycles. The molecule has 2 N–H and O–H groups in total. The first kappa shape index (κ1) is 9.36. The second-order valence-electron chi connectivity index (χ2n) is 3.78. The highest BCUT2D eigenvalue weighted by Gasteiger charge is 2.39. The van der Waals surface area contributed by atoms with Gasteiger partial charge in [0.1, 0.15) is 0 Å². The van der Waals surface area contributed by atoms with Crippen molar-refractivity contribution in [1.82, 2.24) is 0 Å². The van der Waals surface area contributed by atoms with Gasteiger partial charge in [0.25, 0.3) is 0 Å². The Labute approximate surface area is 88.3 Å². The number of halogens is 1. The lowest BCUT2D eigenvalue weighted by atomic mass is 9.65. The first-order valence-corrected chi connectivity index (χ1v) is 5.02. The van der Waals surface area contributed by atoms with E-state index < -0.39 is 0 Å². The van der Waals surface area contributed by atoms with Crippen molar-refractivity contribution in [3.05, 3.63) is 28.8 Å². The van der Waals surface area contributed by atoms with E-state index in [0.29, 0.717) is 10.7 Å². The summed E-state index contributed by atoms with van der Waals surface area (Å²) in [7, 11) is 0. The largest absolute Gasteiger partial charge is 0.398 e. The molecule has 0 unspecified atom stereocenters. The normalized spacial score (nSPS) is 18.3. The molecule has 0 atom stereocenters. The van der Waals surface area contributed by atoms with E-state index in [2.05, 4.69) is 6.07 Å². The second-order valence-corrected chi connectivity index (χ2v) is 4.19. The number of nitrogen functional groups attached to an aromatic ring is 1. The maximum atomic E-state index is 9.13. The fraction of sp³-hybridized carbons (Fsp3) is 0.364. The number of nitrogens with zero attached hydrogens (tertiary/aromatic N) is 1. The Bertz CT molecular complexity index is 402. The second kappa shape index (κ2) is 3.18. The zero-order valence-corrected chi connectivity index (χ0v) is 8.51. The van der Waals surface area contributed by atoms with Crippen molar-refractivity contribution in [2.24, 2.45) is 0 Å². The predicted octanol–water partition coefficient (Wildman–Crippen LogP) is 2.87. The molecule has 2 nitrogen and oxygen atoms in total. The van der Waals surface area contributed by atoms with Gasteiger partial charge in [-0.15, -0.1) is 0 Å². The van der Waals surface area contributed by atoms with Gasteiger partial charge in [0.05, 0.1) is 22.2 Å². The van der Waals surface area contributed by atoms with Gasteiger partial charge in [-0.3, -0.25) is 0 Å². The minimum atomic E-state index is -0.293. The van der Waals surface area contributed by atoms with Crippen molar-refractivity contribution in [2.45, 2.75) is 24.7 Å². The molecule has 1 fully saturated rings. The summed E-state index contributed by atoms with van der Waals surface area (Å²) >= 11 is 5.83. The Balaban J connectivity index is 2.42. The average Bonchev–Trinajstić information content (AvgIpc) is 2.10. The van der Waals surface area contributed by atoms with Crippen LogP contribution in [0.15, 0.2) is 18.2 Å². The summed E-state index contributed by atoms with van der Waals surface area (Å²) in [4.78, 5) is 0. The Morgan fingerprint density at radius 3 is 2.57 bits per heavy atom. The molecule has 0 saturated heterocycles. The standard InChI is InChI=1S/C11H11ClN2/c12-9-3-2-8(6-10(9)14)11(7-13)4-1-5-11/h2-3,6H,1,4-5,14H2. The first-order valence-electron chi connectivity index (χ1n) is 4.65. The Morgan fingerprint density at radius 2 is 2.14 bits per heavy atom. The summed E-state index contributed by atoms with van der Waals surface area (Å²) < 4.78 is 0. The molecule has 1 saturated carbocycles. The average molecular weight is 207 g/mol. The van der Waals surface area contributed by atoms with Gasteiger partial charge in [-0.1, -0.05) is 17.7 Å². The number of nitrogens with two attached hydrogens (primary N) is 1.